The smallest absolute Gasteiger partial charge is 0.321 e. The third kappa shape index (κ3) is 5.29. The molecule has 0 radical (unpaired) electrons. The number of nitrogens with zero attached hydrogens (tertiary/aromatic N) is 2. The van der Waals surface area contributed by atoms with E-state index in [2.05, 4.69) is 32.7 Å². The maximum atomic E-state index is 13.8. The lowest BCUT2D eigenvalue weighted by Gasteiger charge is -2.29. The molecule has 1 saturated carbocycles. The first-order chi connectivity index (χ1) is 13.0. The van der Waals surface area contributed by atoms with Gasteiger partial charge in [-0.1, -0.05) is 43.7 Å². The van der Waals surface area contributed by atoms with Gasteiger partial charge in [0.25, 0.3) is 0 Å². The van der Waals surface area contributed by atoms with E-state index >= 15 is 0 Å². The molecule has 3 rings (SSSR count). The molecule has 27 heavy (non-hydrogen) atoms. The Morgan fingerprint density at radius 3 is 2.85 bits per heavy atom. The number of thioether (sulfide) groups is 1. The van der Waals surface area contributed by atoms with E-state index in [1.54, 1.807) is 18.2 Å². The summed E-state index contributed by atoms with van der Waals surface area (Å²) in [5.74, 6) is -0.142. The molecule has 0 aliphatic heterocycles. The number of aromatic nitrogens is 3. The van der Waals surface area contributed by atoms with Crippen LogP contribution in [0.4, 0.5) is 9.18 Å². The fourth-order valence-corrected chi connectivity index (χ4v) is 3.71. The van der Waals surface area contributed by atoms with Crippen molar-refractivity contribution in [2.45, 2.75) is 43.8 Å². The third-order valence-corrected chi connectivity index (χ3v) is 5.45. The molecule has 0 spiro atoms. The summed E-state index contributed by atoms with van der Waals surface area (Å²) in [6, 6.07) is 5.86. The minimum atomic E-state index is -0.471. The average Bonchev–Trinajstić information content (AvgIpc) is 3.11. The van der Waals surface area contributed by atoms with E-state index in [0.717, 1.165) is 31.0 Å². The molecule has 0 unspecified atom stereocenters. The fraction of sp³-hybridized carbons (Fsp3) is 0.444. The maximum Gasteiger partial charge on any atom is 0.321 e. The molecule has 9 heteroatoms. The van der Waals surface area contributed by atoms with Crippen LogP contribution in [0.2, 0.25) is 0 Å². The highest BCUT2D eigenvalue weighted by atomic mass is 32.2. The number of rotatable bonds is 5. The molecule has 0 saturated heterocycles. The fourth-order valence-electron chi connectivity index (χ4n) is 3.11. The van der Waals surface area contributed by atoms with E-state index in [0.29, 0.717) is 22.5 Å². The van der Waals surface area contributed by atoms with Crippen molar-refractivity contribution < 1.29 is 14.0 Å². The molecule has 144 valence electrons. The highest BCUT2D eigenvalue weighted by molar-refractivity contribution is 7.99. The molecule has 3 amide bonds. The Bertz CT molecular complexity index is 813. The molecule has 1 aromatic heterocycles. The molecule has 1 aromatic carbocycles. The summed E-state index contributed by atoms with van der Waals surface area (Å²) < 4.78 is 13.8. The third-order valence-electron chi connectivity index (χ3n) is 4.61. The van der Waals surface area contributed by atoms with Crippen molar-refractivity contribution in [3.8, 4) is 11.4 Å². The largest absolute Gasteiger partial charge is 0.335 e. The second-order valence-corrected chi connectivity index (χ2v) is 7.57. The number of aromatic amines is 1. The van der Waals surface area contributed by atoms with Gasteiger partial charge in [-0.05, 0) is 30.9 Å². The number of imide groups is 1. The monoisotopic (exact) mass is 391 g/mol. The minimum Gasteiger partial charge on any atom is -0.335 e. The summed E-state index contributed by atoms with van der Waals surface area (Å²) in [4.78, 5) is 28.1. The van der Waals surface area contributed by atoms with Gasteiger partial charge >= 0.3 is 6.03 Å². The van der Waals surface area contributed by atoms with Crippen molar-refractivity contribution in [3.63, 3.8) is 0 Å². The summed E-state index contributed by atoms with van der Waals surface area (Å²) in [6.07, 6.45) is 4.30. The Morgan fingerprint density at radius 2 is 2.07 bits per heavy atom. The zero-order valence-corrected chi connectivity index (χ0v) is 15.8. The lowest BCUT2D eigenvalue weighted by atomic mass is 9.86. The molecule has 1 aliphatic rings. The first-order valence-electron chi connectivity index (χ1n) is 8.93. The second kappa shape index (κ2) is 8.98. The van der Waals surface area contributed by atoms with Crippen LogP contribution in [0.5, 0.6) is 0 Å². The number of hydrogen-bond donors (Lipinski definition) is 3. The van der Waals surface area contributed by atoms with Gasteiger partial charge in [0.15, 0.2) is 5.82 Å². The van der Waals surface area contributed by atoms with Gasteiger partial charge in [0.2, 0.25) is 11.1 Å². The highest BCUT2D eigenvalue weighted by Gasteiger charge is 2.23. The van der Waals surface area contributed by atoms with Crippen LogP contribution in [0.15, 0.2) is 29.4 Å². The topological polar surface area (TPSA) is 99.8 Å². The van der Waals surface area contributed by atoms with E-state index in [1.165, 1.54) is 12.5 Å². The summed E-state index contributed by atoms with van der Waals surface area (Å²) in [5.41, 5.74) is 0.308. The number of hydrogen-bond acceptors (Lipinski definition) is 5. The van der Waals surface area contributed by atoms with E-state index in [9.17, 15) is 14.0 Å². The molecular formula is C18H22FN5O2S. The summed E-state index contributed by atoms with van der Waals surface area (Å²) in [5, 5.41) is 12.1. The van der Waals surface area contributed by atoms with Crippen molar-refractivity contribution in [1.29, 1.82) is 0 Å². The Labute approximate surface area is 160 Å². The van der Waals surface area contributed by atoms with Crippen molar-refractivity contribution in [2.24, 2.45) is 5.92 Å². The van der Waals surface area contributed by atoms with Gasteiger partial charge in [-0.15, -0.1) is 5.10 Å². The molecule has 1 fully saturated rings. The number of H-pyrrole nitrogens is 1. The van der Waals surface area contributed by atoms with E-state index in [4.69, 9.17) is 0 Å². The molecule has 1 aliphatic carbocycles. The van der Waals surface area contributed by atoms with Gasteiger partial charge in [-0.25, -0.2) is 14.2 Å². The van der Waals surface area contributed by atoms with Crippen LogP contribution >= 0.6 is 11.8 Å². The molecule has 2 atom stereocenters. The van der Waals surface area contributed by atoms with E-state index in [1.807, 2.05) is 0 Å². The Morgan fingerprint density at radius 1 is 1.30 bits per heavy atom. The lowest BCUT2D eigenvalue weighted by molar-refractivity contribution is -0.117. The zero-order chi connectivity index (χ0) is 19.2. The standard InChI is InChI=1S/C18H22FN5O2S/c1-11-6-2-5-9-14(11)20-17(26)21-15(25)10-27-18-22-16(23-24-18)12-7-3-4-8-13(12)19/h3-4,7-8,11,14H,2,5-6,9-10H2,1H3,(H,22,23,24)(H2,20,21,25,26)/t11-,14-/m1/s1. The predicted octanol–water partition coefficient (Wildman–Crippen LogP) is 3.11. The van der Waals surface area contributed by atoms with Gasteiger partial charge in [-0.3, -0.25) is 15.2 Å². The van der Waals surface area contributed by atoms with Crippen molar-refractivity contribution in [3.05, 3.63) is 30.1 Å². The predicted molar refractivity (Wildman–Crippen MR) is 101 cm³/mol. The maximum absolute atomic E-state index is 13.8. The number of nitrogens with one attached hydrogen (secondary N) is 3. The van der Waals surface area contributed by atoms with Crippen molar-refractivity contribution in [2.75, 3.05) is 5.75 Å². The molecule has 0 bridgehead atoms. The van der Waals surface area contributed by atoms with Gasteiger partial charge in [0, 0.05) is 6.04 Å². The van der Waals surface area contributed by atoms with Crippen molar-refractivity contribution >= 4 is 23.7 Å². The van der Waals surface area contributed by atoms with Crippen molar-refractivity contribution in [1.82, 2.24) is 25.8 Å². The van der Waals surface area contributed by atoms with Gasteiger partial charge in [-0.2, -0.15) is 0 Å². The Balaban J connectivity index is 1.47. The van der Waals surface area contributed by atoms with E-state index < -0.39 is 17.8 Å². The molecule has 2 aromatic rings. The first kappa shape index (κ1) is 19.3. The Kier molecular flexibility index (Phi) is 6.44. The minimum absolute atomic E-state index is 0.0117. The number of carbonyl (C=O) groups is 2. The quantitative estimate of drug-likeness (QED) is 0.680. The Hall–Kier alpha value is -2.42. The van der Waals surface area contributed by atoms with E-state index in [-0.39, 0.29) is 11.8 Å². The molecule has 7 nitrogen and oxygen atoms in total. The van der Waals surface area contributed by atoms with Crippen LogP contribution in [0, 0.1) is 11.7 Å². The van der Waals surface area contributed by atoms with Crippen LogP contribution in [0.25, 0.3) is 11.4 Å². The number of urea groups is 1. The van der Waals surface area contributed by atoms with Crippen LogP contribution in [0.1, 0.15) is 32.6 Å². The summed E-state index contributed by atoms with van der Waals surface area (Å²) in [6.45, 7) is 2.11. The number of halogens is 1. The normalized spacial score (nSPS) is 19.5. The van der Waals surface area contributed by atoms with Gasteiger partial charge in [0.05, 0.1) is 11.3 Å². The van der Waals surface area contributed by atoms with Crippen LogP contribution in [-0.4, -0.2) is 38.9 Å². The van der Waals surface area contributed by atoms with Crippen LogP contribution in [0.3, 0.4) is 0 Å². The summed E-state index contributed by atoms with van der Waals surface area (Å²) in [7, 11) is 0. The molecule has 3 N–H and O–H groups in total. The van der Waals surface area contributed by atoms with Gasteiger partial charge < -0.3 is 5.32 Å². The SMILES string of the molecule is C[C@@H]1CCCC[C@H]1NC(=O)NC(=O)CSc1n[nH]c(-c2ccccc2F)n1. The number of carbonyl (C=O) groups excluding carboxylic acids is 2. The van der Waals surface area contributed by atoms with Crippen LogP contribution < -0.4 is 10.6 Å². The average molecular weight is 391 g/mol. The first-order valence-corrected chi connectivity index (χ1v) is 9.92. The second-order valence-electron chi connectivity index (χ2n) is 6.62. The van der Waals surface area contributed by atoms with Crippen LogP contribution in [-0.2, 0) is 4.79 Å². The highest BCUT2D eigenvalue weighted by Crippen LogP contribution is 2.24. The zero-order valence-electron chi connectivity index (χ0n) is 15.0. The summed E-state index contributed by atoms with van der Waals surface area (Å²) >= 11 is 1.07. The number of amides is 3. The lowest BCUT2D eigenvalue weighted by Crippen LogP contribution is -2.48. The molecular weight excluding hydrogens is 369 g/mol. The molecule has 1 heterocycles. The number of benzene rings is 1. The van der Waals surface area contributed by atoms with Gasteiger partial charge in [0.1, 0.15) is 5.82 Å².